The van der Waals surface area contributed by atoms with E-state index in [1.807, 2.05) is 17.0 Å². The molecule has 2 aromatic heterocycles. The molecular weight excluding hydrogens is 366 g/mol. The minimum Gasteiger partial charge on any atom is -0.350 e. The Kier molecular flexibility index (Phi) is 5.60. The molecule has 4 rings (SSSR count). The molecule has 1 aromatic carbocycles. The second-order valence-corrected chi connectivity index (χ2v) is 6.94. The van der Waals surface area contributed by atoms with Crippen LogP contribution in [0.4, 0.5) is 11.9 Å². The molecule has 1 N–H and O–H groups in total. The van der Waals surface area contributed by atoms with Gasteiger partial charge in [0.15, 0.2) is 0 Å². The predicted molar refractivity (Wildman–Crippen MR) is 111 cm³/mol. The summed E-state index contributed by atoms with van der Waals surface area (Å²) in [5.41, 5.74) is 2.75. The van der Waals surface area contributed by atoms with Gasteiger partial charge in [-0.2, -0.15) is 0 Å². The number of carbonyl (C=O) groups excluding carboxylic acids is 1. The van der Waals surface area contributed by atoms with Gasteiger partial charge in [0.1, 0.15) is 5.69 Å². The van der Waals surface area contributed by atoms with Crippen LogP contribution in [0.3, 0.4) is 0 Å². The largest absolute Gasteiger partial charge is 0.350 e. The molecule has 1 aliphatic heterocycles. The van der Waals surface area contributed by atoms with Gasteiger partial charge >= 0.3 is 0 Å². The number of hydrogen-bond acceptors (Lipinski definition) is 7. The van der Waals surface area contributed by atoms with Crippen LogP contribution in [-0.2, 0) is 6.54 Å². The van der Waals surface area contributed by atoms with Gasteiger partial charge in [0.2, 0.25) is 11.9 Å². The van der Waals surface area contributed by atoms with Crippen molar-refractivity contribution < 1.29 is 4.79 Å². The van der Waals surface area contributed by atoms with Crippen molar-refractivity contribution in [3.05, 3.63) is 71.8 Å². The highest BCUT2D eigenvalue weighted by molar-refractivity contribution is 5.92. The van der Waals surface area contributed by atoms with Gasteiger partial charge in [0.25, 0.3) is 5.91 Å². The van der Waals surface area contributed by atoms with Crippen LogP contribution in [0.15, 0.2) is 55.0 Å². The number of nitrogens with zero attached hydrogens (tertiary/aromatic N) is 6. The molecule has 0 radical (unpaired) electrons. The van der Waals surface area contributed by atoms with Crippen LogP contribution in [-0.4, -0.2) is 56.9 Å². The third kappa shape index (κ3) is 4.66. The number of piperazine rings is 1. The van der Waals surface area contributed by atoms with E-state index in [2.05, 4.69) is 49.2 Å². The van der Waals surface area contributed by atoms with E-state index in [1.165, 1.54) is 5.56 Å². The van der Waals surface area contributed by atoms with Gasteiger partial charge in [0.05, 0.1) is 0 Å². The predicted octanol–water partition coefficient (Wildman–Crippen LogP) is 2.15. The van der Waals surface area contributed by atoms with Crippen LogP contribution >= 0.6 is 0 Å². The van der Waals surface area contributed by atoms with Crippen LogP contribution < -0.4 is 10.2 Å². The molecule has 0 saturated carbocycles. The molecule has 1 fully saturated rings. The van der Waals surface area contributed by atoms with E-state index in [1.54, 1.807) is 30.7 Å². The molecule has 1 aliphatic rings. The third-order valence-corrected chi connectivity index (χ3v) is 4.81. The third-order valence-electron chi connectivity index (χ3n) is 4.81. The maximum Gasteiger partial charge on any atom is 0.272 e. The van der Waals surface area contributed by atoms with Crippen molar-refractivity contribution in [2.75, 3.05) is 36.4 Å². The lowest BCUT2D eigenvalue weighted by atomic mass is 10.1. The molecule has 1 amide bonds. The lowest BCUT2D eigenvalue weighted by Crippen LogP contribution is -2.49. The Labute approximate surface area is 169 Å². The fourth-order valence-corrected chi connectivity index (χ4v) is 3.29. The minimum atomic E-state index is -0.0837. The Morgan fingerprint density at radius 2 is 1.79 bits per heavy atom. The van der Waals surface area contributed by atoms with Crippen molar-refractivity contribution >= 4 is 17.8 Å². The molecule has 148 valence electrons. The van der Waals surface area contributed by atoms with Crippen molar-refractivity contribution in [2.24, 2.45) is 0 Å². The summed E-state index contributed by atoms with van der Waals surface area (Å²) in [5.74, 6) is 1.07. The Balaban J connectivity index is 1.36. The smallest absolute Gasteiger partial charge is 0.272 e. The summed E-state index contributed by atoms with van der Waals surface area (Å²) in [5, 5.41) is 3.20. The van der Waals surface area contributed by atoms with Gasteiger partial charge < -0.3 is 15.1 Å². The average molecular weight is 389 g/mol. The second kappa shape index (κ2) is 8.64. The highest BCUT2D eigenvalue weighted by Gasteiger charge is 2.24. The first-order valence-electron chi connectivity index (χ1n) is 9.63. The summed E-state index contributed by atoms with van der Waals surface area (Å²) in [6.45, 7) is 5.26. The van der Waals surface area contributed by atoms with Crippen LogP contribution in [0, 0.1) is 6.92 Å². The van der Waals surface area contributed by atoms with Crippen LogP contribution in [0.5, 0.6) is 0 Å². The first kappa shape index (κ1) is 18.8. The quantitative estimate of drug-likeness (QED) is 0.715. The number of carbonyl (C=O) groups is 1. The fraction of sp³-hybridized carbons (Fsp3) is 0.286. The number of anilines is 2. The van der Waals surface area contributed by atoms with E-state index in [9.17, 15) is 4.79 Å². The molecule has 0 aliphatic carbocycles. The summed E-state index contributed by atoms with van der Waals surface area (Å²) in [6.07, 6.45) is 5.07. The molecule has 0 atom stereocenters. The van der Waals surface area contributed by atoms with E-state index in [4.69, 9.17) is 0 Å². The maximum atomic E-state index is 12.9. The van der Waals surface area contributed by atoms with Crippen molar-refractivity contribution in [3.8, 4) is 0 Å². The van der Waals surface area contributed by atoms with Crippen LogP contribution in [0.1, 0.15) is 21.6 Å². The molecule has 0 spiro atoms. The number of benzene rings is 1. The topological polar surface area (TPSA) is 87.1 Å². The van der Waals surface area contributed by atoms with E-state index < -0.39 is 0 Å². The van der Waals surface area contributed by atoms with Crippen molar-refractivity contribution in [1.82, 2.24) is 24.8 Å². The fourth-order valence-electron chi connectivity index (χ4n) is 3.29. The van der Waals surface area contributed by atoms with Gasteiger partial charge in [0, 0.05) is 51.3 Å². The highest BCUT2D eigenvalue weighted by atomic mass is 16.2. The zero-order chi connectivity index (χ0) is 20.1. The van der Waals surface area contributed by atoms with Gasteiger partial charge in [-0.1, -0.05) is 29.8 Å². The van der Waals surface area contributed by atoms with Gasteiger partial charge in [-0.05, 0) is 24.6 Å². The Morgan fingerprint density at radius 3 is 2.55 bits per heavy atom. The molecule has 3 aromatic rings. The Morgan fingerprint density at radius 1 is 1.00 bits per heavy atom. The molecule has 8 nitrogen and oxygen atoms in total. The number of aromatic nitrogens is 4. The van der Waals surface area contributed by atoms with Crippen LogP contribution in [0.25, 0.3) is 0 Å². The molecule has 0 unspecified atom stereocenters. The van der Waals surface area contributed by atoms with Crippen molar-refractivity contribution in [3.63, 3.8) is 0 Å². The molecule has 0 bridgehead atoms. The summed E-state index contributed by atoms with van der Waals surface area (Å²) >= 11 is 0. The molecule has 3 heterocycles. The number of amides is 1. The average Bonchev–Trinajstić information content (AvgIpc) is 2.78. The zero-order valence-electron chi connectivity index (χ0n) is 16.3. The first-order valence-corrected chi connectivity index (χ1v) is 9.63. The molecular formula is C21H23N7O. The SMILES string of the molecule is Cc1cccc(CNc2nccc(C(=O)N3CCN(c4ncccn4)CC3)n2)c1. The van der Waals surface area contributed by atoms with Crippen LogP contribution in [0.2, 0.25) is 0 Å². The summed E-state index contributed by atoms with van der Waals surface area (Å²) in [7, 11) is 0. The minimum absolute atomic E-state index is 0.0837. The number of aryl methyl sites for hydroxylation is 1. The zero-order valence-corrected chi connectivity index (χ0v) is 16.3. The monoisotopic (exact) mass is 389 g/mol. The Bertz CT molecular complexity index is 972. The van der Waals surface area contributed by atoms with E-state index in [-0.39, 0.29) is 5.91 Å². The highest BCUT2D eigenvalue weighted by Crippen LogP contribution is 2.13. The maximum absolute atomic E-state index is 12.9. The second-order valence-electron chi connectivity index (χ2n) is 6.94. The standard InChI is InChI=1S/C21H23N7O/c1-16-4-2-5-17(14-16)15-25-20-22-9-6-18(26-20)19(29)27-10-12-28(13-11-27)21-23-7-3-8-24-21/h2-9,14H,10-13,15H2,1H3,(H,22,25,26). The van der Waals surface area contributed by atoms with Gasteiger partial charge in [-0.15, -0.1) is 0 Å². The van der Waals surface area contributed by atoms with E-state index in [0.717, 1.165) is 5.56 Å². The normalized spacial score (nSPS) is 14.0. The summed E-state index contributed by atoms with van der Waals surface area (Å²) in [6, 6.07) is 11.7. The molecule has 8 heteroatoms. The van der Waals surface area contributed by atoms with E-state index in [0.29, 0.717) is 50.3 Å². The number of nitrogens with one attached hydrogen (secondary N) is 1. The van der Waals surface area contributed by atoms with Crippen molar-refractivity contribution in [1.29, 1.82) is 0 Å². The molecule has 29 heavy (non-hydrogen) atoms. The Hall–Kier alpha value is -3.55. The van der Waals surface area contributed by atoms with E-state index >= 15 is 0 Å². The lowest BCUT2D eigenvalue weighted by molar-refractivity contribution is 0.0740. The van der Waals surface area contributed by atoms with Gasteiger partial charge in [-0.3, -0.25) is 4.79 Å². The number of hydrogen-bond donors (Lipinski definition) is 1. The summed E-state index contributed by atoms with van der Waals surface area (Å²) in [4.78, 5) is 34.0. The number of rotatable bonds is 5. The van der Waals surface area contributed by atoms with Crippen molar-refractivity contribution in [2.45, 2.75) is 13.5 Å². The summed E-state index contributed by atoms with van der Waals surface area (Å²) < 4.78 is 0. The lowest BCUT2D eigenvalue weighted by Gasteiger charge is -2.34. The molecule has 1 saturated heterocycles. The first-order chi connectivity index (χ1) is 14.2. The van der Waals surface area contributed by atoms with Gasteiger partial charge in [-0.25, -0.2) is 19.9 Å².